The third-order valence-electron chi connectivity index (χ3n) is 1.80. The number of carbonyl (C=O) groups is 1. The summed E-state index contributed by atoms with van der Waals surface area (Å²) in [5, 5.41) is 0. The van der Waals surface area contributed by atoms with E-state index in [4.69, 9.17) is 9.15 Å². The SMILES string of the molecule is CC(C)OC(=O)CN(C)Cc1ccoc1. The molecule has 0 bridgehead atoms. The van der Waals surface area contributed by atoms with Crippen LogP contribution >= 0.6 is 0 Å². The number of carbonyl (C=O) groups excluding carboxylic acids is 1. The molecular formula is C11H17NO3. The maximum absolute atomic E-state index is 11.3. The lowest BCUT2D eigenvalue weighted by molar-refractivity contribution is -0.148. The molecule has 1 aromatic heterocycles. The Morgan fingerprint density at radius 1 is 1.60 bits per heavy atom. The van der Waals surface area contributed by atoms with Gasteiger partial charge in [0.05, 0.1) is 25.2 Å². The monoisotopic (exact) mass is 211 g/mol. The zero-order valence-corrected chi connectivity index (χ0v) is 9.40. The van der Waals surface area contributed by atoms with Crippen molar-refractivity contribution in [1.29, 1.82) is 0 Å². The first-order chi connectivity index (χ1) is 7.08. The Hall–Kier alpha value is -1.29. The van der Waals surface area contributed by atoms with Crippen molar-refractivity contribution >= 4 is 5.97 Å². The van der Waals surface area contributed by atoms with E-state index in [9.17, 15) is 4.79 Å². The highest BCUT2D eigenvalue weighted by Crippen LogP contribution is 2.03. The molecule has 0 aliphatic rings. The summed E-state index contributed by atoms with van der Waals surface area (Å²) in [7, 11) is 1.87. The number of furan rings is 1. The predicted octanol–water partition coefficient (Wildman–Crippen LogP) is 1.66. The van der Waals surface area contributed by atoms with E-state index in [0.717, 1.165) is 5.56 Å². The summed E-state index contributed by atoms with van der Waals surface area (Å²) in [4.78, 5) is 13.2. The van der Waals surface area contributed by atoms with Gasteiger partial charge in [-0.1, -0.05) is 0 Å². The molecule has 0 aliphatic heterocycles. The number of hydrogen-bond donors (Lipinski definition) is 0. The molecule has 15 heavy (non-hydrogen) atoms. The van der Waals surface area contributed by atoms with Gasteiger partial charge in [-0.3, -0.25) is 9.69 Å². The zero-order valence-electron chi connectivity index (χ0n) is 9.40. The highest BCUT2D eigenvalue weighted by Gasteiger charge is 2.09. The average molecular weight is 211 g/mol. The van der Waals surface area contributed by atoms with Gasteiger partial charge in [0.1, 0.15) is 0 Å². The number of ether oxygens (including phenoxy) is 1. The summed E-state index contributed by atoms with van der Waals surface area (Å²) in [5.74, 6) is -0.198. The van der Waals surface area contributed by atoms with E-state index in [1.165, 1.54) is 0 Å². The molecule has 0 N–H and O–H groups in total. The van der Waals surface area contributed by atoms with Gasteiger partial charge in [0, 0.05) is 12.1 Å². The zero-order chi connectivity index (χ0) is 11.3. The highest BCUT2D eigenvalue weighted by atomic mass is 16.5. The fraction of sp³-hybridized carbons (Fsp3) is 0.545. The highest BCUT2D eigenvalue weighted by molar-refractivity contribution is 5.71. The van der Waals surface area contributed by atoms with Crippen LogP contribution in [0.5, 0.6) is 0 Å². The molecule has 0 aliphatic carbocycles. The van der Waals surface area contributed by atoms with Crippen LogP contribution in [0, 0.1) is 0 Å². The maximum atomic E-state index is 11.3. The fourth-order valence-electron chi connectivity index (χ4n) is 1.27. The van der Waals surface area contributed by atoms with Gasteiger partial charge in [-0.25, -0.2) is 0 Å². The van der Waals surface area contributed by atoms with Gasteiger partial charge in [-0.05, 0) is 27.0 Å². The van der Waals surface area contributed by atoms with Crippen molar-refractivity contribution in [3.05, 3.63) is 24.2 Å². The topological polar surface area (TPSA) is 42.7 Å². The van der Waals surface area contributed by atoms with E-state index in [-0.39, 0.29) is 12.1 Å². The van der Waals surface area contributed by atoms with Gasteiger partial charge in [0.25, 0.3) is 0 Å². The Balaban J connectivity index is 2.29. The van der Waals surface area contributed by atoms with E-state index in [1.54, 1.807) is 12.5 Å². The molecule has 4 nitrogen and oxygen atoms in total. The van der Waals surface area contributed by atoms with Crippen LogP contribution in [0.4, 0.5) is 0 Å². The third kappa shape index (κ3) is 4.65. The first-order valence-electron chi connectivity index (χ1n) is 4.97. The Bertz CT molecular complexity index is 293. The average Bonchev–Trinajstić information content (AvgIpc) is 2.53. The van der Waals surface area contributed by atoms with Crippen LogP contribution in [-0.2, 0) is 16.1 Å². The number of hydrogen-bond acceptors (Lipinski definition) is 4. The predicted molar refractivity (Wildman–Crippen MR) is 56.3 cm³/mol. The Kier molecular flexibility index (Phi) is 4.37. The van der Waals surface area contributed by atoms with Crippen molar-refractivity contribution in [2.75, 3.05) is 13.6 Å². The summed E-state index contributed by atoms with van der Waals surface area (Å²) in [6.45, 7) is 4.66. The molecule has 1 aromatic rings. The molecular weight excluding hydrogens is 194 g/mol. The third-order valence-corrected chi connectivity index (χ3v) is 1.80. The number of nitrogens with zero attached hydrogens (tertiary/aromatic N) is 1. The number of esters is 1. The normalized spacial score (nSPS) is 11.0. The Labute approximate surface area is 89.8 Å². The van der Waals surface area contributed by atoms with E-state index < -0.39 is 0 Å². The van der Waals surface area contributed by atoms with Gasteiger partial charge < -0.3 is 9.15 Å². The van der Waals surface area contributed by atoms with E-state index >= 15 is 0 Å². The first kappa shape index (κ1) is 11.8. The summed E-state index contributed by atoms with van der Waals surface area (Å²) >= 11 is 0. The Morgan fingerprint density at radius 3 is 2.87 bits per heavy atom. The van der Waals surface area contributed by atoms with Crippen molar-refractivity contribution in [3.63, 3.8) is 0 Å². The second-order valence-corrected chi connectivity index (χ2v) is 3.84. The molecule has 1 rings (SSSR count). The number of likely N-dealkylation sites (N-methyl/N-ethyl adjacent to an activating group) is 1. The Morgan fingerprint density at radius 2 is 2.33 bits per heavy atom. The fourth-order valence-corrected chi connectivity index (χ4v) is 1.27. The minimum absolute atomic E-state index is 0.0557. The van der Waals surface area contributed by atoms with Crippen LogP contribution < -0.4 is 0 Å². The molecule has 0 radical (unpaired) electrons. The van der Waals surface area contributed by atoms with Gasteiger partial charge in [0.15, 0.2) is 0 Å². The van der Waals surface area contributed by atoms with Crippen molar-refractivity contribution < 1.29 is 13.9 Å². The lowest BCUT2D eigenvalue weighted by atomic mass is 10.3. The van der Waals surface area contributed by atoms with Crippen LogP contribution in [-0.4, -0.2) is 30.6 Å². The second-order valence-electron chi connectivity index (χ2n) is 3.84. The molecule has 0 unspecified atom stereocenters. The van der Waals surface area contributed by atoms with Crippen LogP contribution in [0.3, 0.4) is 0 Å². The minimum Gasteiger partial charge on any atom is -0.472 e. The summed E-state index contributed by atoms with van der Waals surface area (Å²) in [6, 6.07) is 1.88. The van der Waals surface area contributed by atoms with Crippen LogP contribution in [0.1, 0.15) is 19.4 Å². The van der Waals surface area contributed by atoms with Gasteiger partial charge in [0.2, 0.25) is 0 Å². The molecule has 1 heterocycles. The van der Waals surface area contributed by atoms with Crippen LogP contribution in [0.25, 0.3) is 0 Å². The van der Waals surface area contributed by atoms with Crippen LogP contribution in [0.15, 0.2) is 23.0 Å². The smallest absolute Gasteiger partial charge is 0.320 e. The van der Waals surface area contributed by atoms with Crippen molar-refractivity contribution in [1.82, 2.24) is 4.90 Å². The molecule has 0 saturated carbocycles. The summed E-state index contributed by atoms with van der Waals surface area (Å²) in [5.41, 5.74) is 1.05. The van der Waals surface area contributed by atoms with Crippen molar-refractivity contribution in [3.8, 4) is 0 Å². The number of rotatable bonds is 5. The van der Waals surface area contributed by atoms with E-state index in [0.29, 0.717) is 13.1 Å². The molecule has 84 valence electrons. The second kappa shape index (κ2) is 5.56. The van der Waals surface area contributed by atoms with Gasteiger partial charge >= 0.3 is 5.97 Å². The molecule has 0 spiro atoms. The maximum Gasteiger partial charge on any atom is 0.320 e. The summed E-state index contributed by atoms with van der Waals surface area (Å²) in [6.07, 6.45) is 3.24. The lowest BCUT2D eigenvalue weighted by Crippen LogP contribution is -2.28. The molecule has 0 atom stereocenters. The minimum atomic E-state index is -0.198. The largest absolute Gasteiger partial charge is 0.472 e. The standard InChI is InChI=1S/C11H17NO3/c1-9(2)15-11(13)7-12(3)6-10-4-5-14-8-10/h4-5,8-9H,6-7H2,1-3H3. The quantitative estimate of drug-likeness (QED) is 0.695. The lowest BCUT2D eigenvalue weighted by Gasteiger charge is -2.15. The molecule has 0 aromatic carbocycles. The first-order valence-corrected chi connectivity index (χ1v) is 4.97. The molecule has 0 saturated heterocycles. The summed E-state index contributed by atoms with van der Waals surface area (Å²) < 4.78 is 9.98. The van der Waals surface area contributed by atoms with Crippen LogP contribution in [0.2, 0.25) is 0 Å². The molecule has 0 amide bonds. The molecule has 0 fully saturated rings. The van der Waals surface area contributed by atoms with Gasteiger partial charge in [-0.2, -0.15) is 0 Å². The van der Waals surface area contributed by atoms with E-state index in [2.05, 4.69) is 0 Å². The van der Waals surface area contributed by atoms with Crippen molar-refractivity contribution in [2.24, 2.45) is 0 Å². The van der Waals surface area contributed by atoms with E-state index in [1.807, 2.05) is 31.9 Å². The van der Waals surface area contributed by atoms with Gasteiger partial charge in [-0.15, -0.1) is 0 Å². The molecule has 4 heteroatoms. The van der Waals surface area contributed by atoms with Crippen molar-refractivity contribution in [2.45, 2.75) is 26.5 Å².